The van der Waals surface area contributed by atoms with Gasteiger partial charge in [0, 0.05) is 12.8 Å². The van der Waals surface area contributed by atoms with Gasteiger partial charge in [-0.25, -0.2) is 0 Å². The fourth-order valence-electron chi connectivity index (χ4n) is 9.16. The number of ether oxygens (including phenoxy) is 1. The predicted molar refractivity (Wildman–Crippen MR) is 287 cm³/mol. The average molecular weight is 931 g/mol. The molecule has 0 saturated carbocycles. The van der Waals surface area contributed by atoms with E-state index in [1.807, 2.05) is 0 Å². The van der Waals surface area contributed by atoms with Crippen molar-refractivity contribution in [2.45, 2.75) is 334 Å². The standard InChI is InChI=1S/C60H115NO5/c1-3-5-7-9-11-13-15-17-18-22-25-29-32-36-40-44-48-52-58(63)57(56-62)61-59(64)53-49-45-41-37-33-30-26-23-20-19-21-24-27-31-35-39-43-47-51-55-66-60(65)54-50-46-42-38-34-28-16-14-12-10-8-6-4-2/h14,16,19-20,57-58,62-63H,3-13,15,17-18,21-56H2,1-2H3,(H,61,64)/b16-14-,20-19-. The Labute approximate surface area is 411 Å². The highest BCUT2D eigenvalue weighted by Gasteiger charge is 2.20. The maximum absolute atomic E-state index is 12.5. The lowest BCUT2D eigenvalue weighted by Gasteiger charge is -2.22. The first-order valence-electron chi connectivity index (χ1n) is 29.6. The molecule has 0 aliphatic heterocycles. The fraction of sp³-hybridized carbons (Fsp3) is 0.900. The van der Waals surface area contributed by atoms with Gasteiger partial charge in [-0.05, 0) is 77.0 Å². The number of aliphatic hydroxyl groups excluding tert-OH is 2. The third-order valence-corrected chi connectivity index (χ3v) is 13.7. The quantitative estimate of drug-likeness (QED) is 0.0321. The summed E-state index contributed by atoms with van der Waals surface area (Å²) in [7, 11) is 0. The van der Waals surface area contributed by atoms with Crippen LogP contribution in [0.5, 0.6) is 0 Å². The molecule has 1 amide bonds. The Morgan fingerprint density at radius 3 is 1.09 bits per heavy atom. The summed E-state index contributed by atoms with van der Waals surface area (Å²) >= 11 is 0. The Hall–Kier alpha value is -1.66. The zero-order valence-corrected chi connectivity index (χ0v) is 44.4. The maximum Gasteiger partial charge on any atom is 0.305 e. The molecule has 6 nitrogen and oxygen atoms in total. The number of carbonyl (C=O) groups is 2. The van der Waals surface area contributed by atoms with Crippen molar-refractivity contribution in [2.75, 3.05) is 13.2 Å². The zero-order valence-electron chi connectivity index (χ0n) is 44.4. The van der Waals surface area contributed by atoms with Crippen molar-refractivity contribution < 1.29 is 24.5 Å². The molecule has 0 aromatic heterocycles. The number of hydrogen-bond donors (Lipinski definition) is 3. The Balaban J connectivity index is 3.45. The van der Waals surface area contributed by atoms with Gasteiger partial charge in [0.25, 0.3) is 0 Å². The molecule has 0 aromatic rings. The number of unbranched alkanes of at least 4 members (excludes halogenated alkanes) is 40. The minimum absolute atomic E-state index is 0.00502. The second-order valence-corrected chi connectivity index (χ2v) is 20.3. The molecule has 3 N–H and O–H groups in total. The van der Waals surface area contributed by atoms with Crippen LogP contribution in [0.4, 0.5) is 0 Å². The highest BCUT2D eigenvalue weighted by molar-refractivity contribution is 5.76. The zero-order chi connectivity index (χ0) is 47.9. The van der Waals surface area contributed by atoms with Crippen molar-refractivity contribution in [2.24, 2.45) is 0 Å². The minimum Gasteiger partial charge on any atom is -0.466 e. The van der Waals surface area contributed by atoms with Gasteiger partial charge < -0.3 is 20.3 Å². The Morgan fingerprint density at radius 2 is 0.712 bits per heavy atom. The molecular weight excluding hydrogens is 815 g/mol. The second kappa shape index (κ2) is 55.9. The first kappa shape index (κ1) is 64.3. The summed E-state index contributed by atoms with van der Waals surface area (Å²) in [5.74, 6) is -0.0478. The molecule has 0 fully saturated rings. The molecule has 0 saturated heterocycles. The molecule has 0 aliphatic rings. The summed E-state index contributed by atoms with van der Waals surface area (Å²) in [6, 6.07) is -0.549. The molecule has 2 atom stereocenters. The minimum atomic E-state index is -0.670. The van der Waals surface area contributed by atoms with Gasteiger partial charge in [-0.1, -0.05) is 256 Å². The third-order valence-electron chi connectivity index (χ3n) is 13.7. The van der Waals surface area contributed by atoms with Crippen LogP contribution in [0, 0.1) is 0 Å². The SMILES string of the molecule is CCCCCC/C=C\CCCCCCCC(=O)OCCCCCCCCCC/C=C\CCCCCCCCCC(=O)NC(CO)C(O)CCCCCCCCCCCCCCCCCCC. The van der Waals surface area contributed by atoms with Crippen molar-refractivity contribution in [3.63, 3.8) is 0 Å². The lowest BCUT2D eigenvalue weighted by molar-refractivity contribution is -0.143. The van der Waals surface area contributed by atoms with Crippen molar-refractivity contribution in [3.05, 3.63) is 24.3 Å². The van der Waals surface area contributed by atoms with Gasteiger partial charge in [-0.15, -0.1) is 0 Å². The summed E-state index contributed by atoms with van der Waals surface area (Å²) in [5.41, 5.74) is 0. The van der Waals surface area contributed by atoms with E-state index in [4.69, 9.17) is 4.74 Å². The topological polar surface area (TPSA) is 95.9 Å². The Bertz CT molecular complexity index is 1030. The van der Waals surface area contributed by atoms with Gasteiger partial charge in [-0.2, -0.15) is 0 Å². The fourth-order valence-corrected chi connectivity index (χ4v) is 9.16. The van der Waals surface area contributed by atoms with Gasteiger partial charge in [0.15, 0.2) is 0 Å². The van der Waals surface area contributed by atoms with Crippen LogP contribution in [0.25, 0.3) is 0 Å². The number of rotatable bonds is 55. The van der Waals surface area contributed by atoms with Gasteiger partial charge in [-0.3, -0.25) is 9.59 Å². The molecule has 0 heterocycles. The van der Waals surface area contributed by atoms with Gasteiger partial charge in [0.2, 0.25) is 5.91 Å². The molecule has 0 aromatic carbocycles. The summed E-state index contributed by atoms with van der Waals surface area (Å²) in [5, 5.41) is 23.3. The summed E-state index contributed by atoms with van der Waals surface area (Å²) in [6.45, 7) is 4.94. The van der Waals surface area contributed by atoms with Crippen LogP contribution >= 0.6 is 0 Å². The molecule has 0 radical (unpaired) electrons. The van der Waals surface area contributed by atoms with E-state index in [0.717, 1.165) is 44.9 Å². The number of amides is 1. The largest absolute Gasteiger partial charge is 0.466 e. The van der Waals surface area contributed by atoms with Crippen LogP contribution < -0.4 is 5.32 Å². The van der Waals surface area contributed by atoms with Crippen LogP contribution in [0.15, 0.2) is 24.3 Å². The molecule has 2 unspecified atom stereocenters. The number of allylic oxidation sites excluding steroid dienone is 4. The van der Waals surface area contributed by atoms with Crippen LogP contribution in [-0.2, 0) is 14.3 Å². The van der Waals surface area contributed by atoms with E-state index >= 15 is 0 Å². The number of carbonyl (C=O) groups excluding carboxylic acids is 2. The van der Waals surface area contributed by atoms with Crippen LogP contribution in [0.3, 0.4) is 0 Å². The second-order valence-electron chi connectivity index (χ2n) is 20.3. The van der Waals surface area contributed by atoms with Crippen LogP contribution in [-0.4, -0.2) is 47.4 Å². The van der Waals surface area contributed by atoms with E-state index < -0.39 is 12.1 Å². The van der Waals surface area contributed by atoms with Crippen molar-refractivity contribution in [1.29, 1.82) is 0 Å². The molecule has 6 heteroatoms. The van der Waals surface area contributed by atoms with E-state index in [9.17, 15) is 19.8 Å². The number of nitrogens with one attached hydrogen (secondary N) is 1. The molecule has 390 valence electrons. The van der Waals surface area contributed by atoms with Gasteiger partial charge >= 0.3 is 5.97 Å². The predicted octanol–water partition coefficient (Wildman–Crippen LogP) is 18.2. The molecule has 0 rings (SSSR count). The summed E-state index contributed by atoms with van der Waals surface area (Å²) < 4.78 is 5.46. The molecule has 0 bridgehead atoms. The Kier molecular flexibility index (Phi) is 54.5. The molecular formula is C60H115NO5. The van der Waals surface area contributed by atoms with Crippen LogP contribution in [0.2, 0.25) is 0 Å². The number of hydrogen-bond acceptors (Lipinski definition) is 5. The first-order valence-corrected chi connectivity index (χ1v) is 29.6. The Morgan fingerprint density at radius 1 is 0.409 bits per heavy atom. The summed E-state index contributed by atoms with van der Waals surface area (Å²) in [6.07, 6.45) is 67.4. The average Bonchev–Trinajstić information content (AvgIpc) is 3.32. The van der Waals surface area contributed by atoms with Crippen molar-refractivity contribution in [1.82, 2.24) is 5.32 Å². The van der Waals surface area contributed by atoms with E-state index in [-0.39, 0.29) is 18.5 Å². The third kappa shape index (κ3) is 51.7. The van der Waals surface area contributed by atoms with E-state index in [2.05, 4.69) is 43.5 Å². The van der Waals surface area contributed by atoms with E-state index in [0.29, 0.717) is 25.9 Å². The van der Waals surface area contributed by atoms with E-state index in [1.165, 1.54) is 244 Å². The number of esters is 1. The van der Waals surface area contributed by atoms with Crippen molar-refractivity contribution >= 4 is 11.9 Å². The smallest absolute Gasteiger partial charge is 0.305 e. The van der Waals surface area contributed by atoms with Gasteiger partial charge in [0.1, 0.15) is 0 Å². The maximum atomic E-state index is 12.5. The summed E-state index contributed by atoms with van der Waals surface area (Å²) in [4.78, 5) is 24.5. The normalized spacial score (nSPS) is 12.7. The lowest BCUT2D eigenvalue weighted by atomic mass is 10.0. The van der Waals surface area contributed by atoms with E-state index in [1.54, 1.807) is 0 Å². The highest BCUT2D eigenvalue weighted by Crippen LogP contribution is 2.17. The first-order chi connectivity index (χ1) is 32.5. The van der Waals surface area contributed by atoms with Gasteiger partial charge in [0.05, 0.1) is 25.4 Å². The van der Waals surface area contributed by atoms with Crippen molar-refractivity contribution in [3.8, 4) is 0 Å². The molecule has 0 aliphatic carbocycles. The van der Waals surface area contributed by atoms with Crippen LogP contribution in [0.1, 0.15) is 322 Å². The highest BCUT2D eigenvalue weighted by atomic mass is 16.5. The lowest BCUT2D eigenvalue weighted by Crippen LogP contribution is -2.45. The monoisotopic (exact) mass is 930 g/mol. The molecule has 66 heavy (non-hydrogen) atoms. The molecule has 0 spiro atoms. The number of aliphatic hydroxyl groups is 2.